The molecule has 1 saturated heterocycles. The van der Waals surface area contributed by atoms with E-state index in [1.54, 1.807) is 0 Å². The molecule has 1 atom stereocenters. The summed E-state index contributed by atoms with van der Waals surface area (Å²) in [4.78, 5) is 20.9. The molecule has 1 aromatic carbocycles. The highest BCUT2D eigenvalue weighted by molar-refractivity contribution is 5.46. The summed E-state index contributed by atoms with van der Waals surface area (Å²) in [6, 6.07) is 10.7. The van der Waals surface area contributed by atoms with Crippen LogP contribution in [0.3, 0.4) is 0 Å². The van der Waals surface area contributed by atoms with Crippen molar-refractivity contribution in [2.45, 2.75) is 31.7 Å². The largest absolute Gasteiger partial charge is 0.332 e. The van der Waals surface area contributed by atoms with Gasteiger partial charge in [0.15, 0.2) is 0 Å². The van der Waals surface area contributed by atoms with Crippen molar-refractivity contribution in [1.82, 2.24) is 9.97 Å². The first-order valence-electron chi connectivity index (χ1n) is 7.98. The Morgan fingerprint density at radius 2 is 1.78 bits per heavy atom. The number of hydrogen-bond acceptors (Lipinski definition) is 5. The molecule has 0 amide bonds. The first kappa shape index (κ1) is 14.1. The molecule has 0 radical (unpaired) electrons. The van der Waals surface area contributed by atoms with Crippen LogP contribution in [-0.2, 0) is 0 Å². The number of hydrogen-bond donors (Lipinski definition) is 0. The molecule has 2 fully saturated rings. The number of anilines is 1. The van der Waals surface area contributed by atoms with E-state index >= 15 is 0 Å². The summed E-state index contributed by atoms with van der Waals surface area (Å²) < 4.78 is 0. The second kappa shape index (κ2) is 5.30. The first-order chi connectivity index (χ1) is 11.2. The molecule has 1 aliphatic carbocycles. The van der Waals surface area contributed by atoms with Gasteiger partial charge in [-0.1, -0.05) is 43.2 Å². The van der Waals surface area contributed by atoms with Gasteiger partial charge in [0.25, 0.3) is 0 Å². The van der Waals surface area contributed by atoms with Gasteiger partial charge in [-0.3, -0.25) is 10.1 Å². The summed E-state index contributed by atoms with van der Waals surface area (Å²) in [7, 11) is 0. The van der Waals surface area contributed by atoms with Crippen LogP contribution in [0.5, 0.6) is 0 Å². The zero-order valence-corrected chi connectivity index (χ0v) is 12.8. The van der Waals surface area contributed by atoms with E-state index in [0.717, 1.165) is 6.54 Å². The van der Waals surface area contributed by atoms with Crippen LogP contribution < -0.4 is 4.90 Å². The van der Waals surface area contributed by atoms with Gasteiger partial charge in [-0.05, 0) is 18.4 Å². The molecule has 0 unspecified atom stereocenters. The summed E-state index contributed by atoms with van der Waals surface area (Å²) >= 11 is 0. The molecule has 2 aliphatic rings. The van der Waals surface area contributed by atoms with Gasteiger partial charge < -0.3 is 4.90 Å². The normalized spacial score (nSPS) is 22.1. The zero-order valence-electron chi connectivity index (χ0n) is 12.8. The SMILES string of the molecule is O=[N+]([O-])c1cnc(N2CC3(CCCC3)[C@H]2c2ccccc2)nc1. The van der Waals surface area contributed by atoms with Gasteiger partial charge in [-0.2, -0.15) is 0 Å². The van der Waals surface area contributed by atoms with Crippen LogP contribution in [0.15, 0.2) is 42.7 Å². The minimum Gasteiger partial charge on any atom is -0.332 e. The van der Waals surface area contributed by atoms with Crippen LogP contribution in [0, 0.1) is 15.5 Å². The average Bonchev–Trinajstić information content (AvgIpc) is 3.05. The molecule has 1 spiro atoms. The van der Waals surface area contributed by atoms with E-state index in [2.05, 4.69) is 39.1 Å². The monoisotopic (exact) mass is 310 g/mol. The molecular formula is C17H18N4O2. The molecule has 6 heteroatoms. The smallest absolute Gasteiger partial charge is 0.305 e. The zero-order chi connectivity index (χ0) is 15.9. The number of aromatic nitrogens is 2. The van der Waals surface area contributed by atoms with Crippen molar-refractivity contribution in [1.29, 1.82) is 0 Å². The molecule has 2 heterocycles. The van der Waals surface area contributed by atoms with E-state index in [4.69, 9.17) is 0 Å². The summed E-state index contributed by atoms with van der Waals surface area (Å²) in [5, 5.41) is 10.8. The molecule has 23 heavy (non-hydrogen) atoms. The highest BCUT2D eigenvalue weighted by Crippen LogP contribution is 2.58. The molecule has 118 valence electrons. The topological polar surface area (TPSA) is 72.2 Å². The van der Waals surface area contributed by atoms with E-state index in [9.17, 15) is 10.1 Å². The molecule has 1 aromatic heterocycles. The van der Waals surface area contributed by atoms with Gasteiger partial charge >= 0.3 is 5.69 Å². The molecule has 0 bridgehead atoms. The predicted octanol–water partition coefficient (Wildman–Crippen LogP) is 3.51. The summed E-state index contributed by atoms with van der Waals surface area (Å²) in [6.07, 6.45) is 7.61. The number of benzene rings is 1. The van der Waals surface area contributed by atoms with E-state index in [0.29, 0.717) is 11.4 Å². The van der Waals surface area contributed by atoms with E-state index in [1.807, 2.05) is 6.07 Å². The lowest BCUT2D eigenvalue weighted by Crippen LogP contribution is -2.58. The average molecular weight is 310 g/mol. The van der Waals surface area contributed by atoms with Gasteiger partial charge in [-0.25, -0.2) is 9.97 Å². The predicted molar refractivity (Wildman–Crippen MR) is 86.1 cm³/mol. The molecule has 6 nitrogen and oxygen atoms in total. The van der Waals surface area contributed by atoms with Crippen molar-refractivity contribution < 1.29 is 4.92 Å². The number of nitrogens with zero attached hydrogens (tertiary/aromatic N) is 4. The van der Waals surface area contributed by atoms with Crippen LogP contribution in [0.2, 0.25) is 0 Å². The summed E-state index contributed by atoms with van der Waals surface area (Å²) in [5.74, 6) is 0.585. The Morgan fingerprint density at radius 3 is 2.39 bits per heavy atom. The molecule has 2 aromatic rings. The Kier molecular flexibility index (Phi) is 3.25. The maximum atomic E-state index is 10.8. The summed E-state index contributed by atoms with van der Waals surface area (Å²) in [5.41, 5.74) is 1.52. The van der Waals surface area contributed by atoms with Crippen LogP contribution in [-0.4, -0.2) is 21.4 Å². The van der Waals surface area contributed by atoms with Crippen LogP contribution in [0.4, 0.5) is 11.6 Å². The fourth-order valence-corrected chi connectivity index (χ4v) is 4.16. The standard InChI is InChI=1S/C17H18N4O2/c22-21(23)14-10-18-16(19-11-14)20-12-17(8-4-5-9-17)15(20)13-6-2-1-3-7-13/h1-3,6-7,10-11,15H,4-5,8-9,12H2/t15-/m1/s1. The number of nitro groups is 1. The van der Waals surface area contributed by atoms with Crippen molar-refractivity contribution in [2.24, 2.45) is 5.41 Å². The van der Waals surface area contributed by atoms with Gasteiger partial charge in [0.05, 0.1) is 11.0 Å². The van der Waals surface area contributed by atoms with Crippen molar-refractivity contribution in [3.63, 3.8) is 0 Å². The fraction of sp³-hybridized carbons (Fsp3) is 0.412. The Hall–Kier alpha value is -2.50. The Balaban J connectivity index is 1.67. The first-order valence-corrected chi connectivity index (χ1v) is 7.98. The third-order valence-electron chi connectivity index (χ3n) is 5.18. The van der Waals surface area contributed by atoms with Crippen molar-refractivity contribution in [2.75, 3.05) is 11.4 Å². The van der Waals surface area contributed by atoms with Crippen molar-refractivity contribution >= 4 is 11.6 Å². The lowest BCUT2D eigenvalue weighted by Gasteiger charge is -2.56. The van der Waals surface area contributed by atoms with Gasteiger partial charge in [-0.15, -0.1) is 0 Å². The second-order valence-corrected chi connectivity index (χ2v) is 6.51. The summed E-state index contributed by atoms with van der Waals surface area (Å²) in [6.45, 7) is 0.935. The lowest BCUT2D eigenvalue weighted by atomic mass is 9.67. The molecule has 4 rings (SSSR count). The minimum atomic E-state index is -0.465. The Bertz CT molecular complexity index is 711. The Labute approximate surface area is 134 Å². The third kappa shape index (κ3) is 2.25. The Morgan fingerprint density at radius 1 is 1.13 bits per heavy atom. The lowest BCUT2D eigenvalue weighted by molar-refractivity contribution is -0.385. The van der Waals surface area contributed by atoms with Gasteiger partial charge in [0.1, 0.15) is 12.4 Å². The maximum Gasteiger partial charge on any atom is 0.305 e. The highest BCUT2D eigenvalue weighted by atomic mass is 16.6. The molecule has 0 N–H and O–H groups in total. The van der Waals surface area contributed by atoms with Crippen molar-refractivity contribution in [3.8, 4) is 0 Å². The van der Waals surface area contributed by atoms with Crippen molar-refractivity contribution in [3.05, 3.63) is 58.4 Å². The van der Waals surface area contributed by atoms with Gasteiger partial charge in [0, 0.05) is 12.0 Å². The highest BCUT2D eigenvalue weighted by Gasteiger charge is 2.55. The van der Waals surface area contributed by atoms with Gasteiger partial charge in [0.2, 0.25) is 5.95 Å². The molecular weight excluding hydrogens is 292 g/mol. The second-order valence-electron chi connectivity index (χ2n) is 6.51. The fourth-order valence-electron chi connectivity index (χ4n) is 4.16. The molecule has 1 saturated carbocycles. The third-order valence-corrected chi connectivity index (χ3v) is 5.18. The quantitative estimate of drug-likeness (QED) is 0.641. The van der Waals surface area contributed by atoms with E-state index < -0.39 is 4.92 Å². The molecule has 1 aliphatic heterocycles. The van der Waals surface area contributed by atoms with E-state index in [-0.39, 0.29) is 11.7 Å². The van der Waals surface area contributed by atoms with Crippen LogP contribution >= 0.6 is 0 Å². The minimum absolute atomic E-state index is 0.0684. The van der Waals surface area contributed by atoms with E-state index in [1.165, 1.54) is 43.6 Å². The van der Waals surface area contributed by atoms with Crippen LogP contribution in [0.1, 0.15) is 37.3 Å². The van der Waals surface area contributed by atoms with Crippen LogP contribution in [0.25, 0.3) is 0 Å². The maximum absolute atomic E-state index is 10.8. The number of rotatable bonds is 3.